The maximum atomic E-state index is 5.52. The third-order valence-corrected chi connectivity index (χ3v) is 1.71. The highest BCUT2D eigenvalue weighted by Gasteiger charge is 2.24. The molecule has 0 N–H and O–H groups in total. The third-order valence-electron chi connectivity index (χ3n) is 0.924. The second kappa shape index (κ2) is 3.31. The van der Waals surface area contributed by atoms with E-state index in [1.807, 2.05) is 0 Å². The van der Waals surface area contributed by atoms with E-state index in [1.54, 1.807) is 0 Å². The fraction of sp³-hybridized carbons (Fsp3) is 0.200. The standard InChI is InChI=1S/C5H2Cl4N2/c6-4-1-3(5(7,8)9)10-2-11-4/h1-2H. The van der Waals surface area contributed by atoms with Gasteiger partial charge in [0.15, 0.2) is 0 Å². The van der Waals surface area contributed by atoms with Crippen LogP contribution in [0.4, 0.5) is 0 Å². The van der Waals surface area contributed by atoms with E-state index in [-0.39, 0.29) is 10.8 Å². The molecule has 1 heterocycles. The van der Waals surface area contributed by atoms with Crippen LogP contribution in [0, 0.1) is 0 Å². The molecule has 0 radical (unpaired) electrons. The van der Waals surface area contributed by atoms with Crippen molar-refractivity contribution < 1.29 is 0 Å². The van der Waals surface area contributed by atoms with E-state index in [4.69, 9.17) is 46.4 Å². The number of alkyl halides is 3. The highest BCUT2D eigenvalue weighted by Crippen LogP contribution is 2.36. The van der Waals surface area contributed by atoms with Gasteiger partial charge in [-0.3, -0.25) is 0 Å². The van der Waals surface area contributed by atoms with Crippen LogP contribution in [0.5, 0.6) is 0 Å². The van der Waals surface area contributed by atoms with Crippen molar-refractivity contribution in [3.63, 3.8) is 0 Å². The Balaban J connectivity index is 3.06. The number of aromatic nitrogens is 2. The van der Waals surface area contributed by atoms with Crippen molar-refractivity contribution in [2.45, 2.75) is 3.79 Å². The Morgan fingerprint density at radius 1 is 1.18 bits per heavy atom. The predicted molar refractivity (Wildman–Crippen MR) is 46.3 cm³/mol. The number of halogens is 4. The predicted octanol–water partition coefficient (Wildman–Crippen LogP) is 2.96. The maximum absolute atomic E-state index is 5.52. The summed E-state index contributed by atoms with van der Waals surface area (Å²) in [5, 5.41) is 0.251. The molecule has 0 aliphatic carbocycles. The molecule has 1 aromatic heterocycles. The Kier molecular flexibility index (Phi) is 2.81. The van der Waals surface area contributed by atoms with E-state index in [1.165, 1.54) is 12.4 Å². The second-order valence-electron chi connectivity index (χ2n) is 1.72. The van der Waals surface area contributed by atoms with Gasteiger partial charge in [0.1, 0.15) is 11.5 Å². The molecule has 6 heteroatoms. The lowest BCUT2D eigenvalue weighted by Gasteiger charge is -2.08. The zero-order valence-corrected chi connectivity index (χ0v) is 8.08. The minimum atomic E-state index is -1.54. The number of hydrogen-bond donors (Lipinski definition) is 0. The summed E-state index contributed by atoms with van der Waals surface area (Å²) < 4.78 is -1.54. The van der Waals surface area contributed by atoms with E-state index in [2.05, 4.69) is 9.97 Å². The van der Waals surface area contributed by atoms with Crippen molar-refractivity contribution in [3.05, 3.63) is 23.2 Å². The summed E-state index contributed by atoms with van der Waals surface area (Å²) in [5.41, 5.74) is 0.266. The first-order valence-electron chi connectivity index (χ1n) is 2.55. The molecule has 0 aromatic carbocycles. The normalized spacial score (nSPS) is 11.6. The molecule has 0 bridgehead atoms. The number of rotatable bonds is 0. The molecular weight excluding hydrogens is 230 g/mol. The molecular formula is C5H2Cl4N2. The first-order chi connectivity index (χ1) is 5.00. The summed E-state index contributed by atoms with van der Waals surface area (Å²) in [6.45, 7) is 0. The molecule has 0 fully saturated rings. The van der Waals surface area contributed by atoms with Gasteiger partial charge in [-0.05, 0) is 0 Å². The molecule has 0 amide bonds. The summed E-state index contributed by atoms with van der Waals surface area (Å²) in [6, 6.07) is 1.40. The maximum Gasteiger partial charge on any atom is 0.232 e. The molecule has 0 saturated carbocycles. The third kappa shape index (κ3) is 2.64. The zero-order valence-electron chi connectivity index (χ0n) is 5.06. The summed E-state index contributed by atoms with van der Waals surface area (Å²) in [4.78, 5) is 7.35. The van der Waals surface area contributed by atoms with Crippen molar-refractivity contribution in [1.82, 2.24) is 9.97 Å². The van der Waals surface area contributed by atoms with Gasteiger partial charge in [-0.1, -0.05) is 46.4 Å². The number of nitrogens with zero attached hydrogens (tertiary/aromatic N) is 2. The van der Waals surface area contributed by atoms with Gasteiger partial charge in [-0.2, -0.15) is 0 Å². The van der Waals surface area contributed by atoms with Crippen LogP contribution in [-0.4, -0.2) is 9.97 Å². The summed E-state index contributed by atoms with van der Waals surface area (Å²) in [7, 11) is 0. The number of hydrogen-bond acceptors (Lipinski definition) is 2. The highest BCUT2D eigenvalue weighted by molar-refractivity contribution is 6.66. The summed E-state index contributed by atoms with van der Waals surface area (Å²) in [5.74, 6) is 0. The van der Waals surface area contributed by atoms with Crippen molar-refractivity contribution >= 4 is 46.4 Å². The fourth-order valence-corrected chi connectivity index (χ4v) is 0.946. The molecule has 2 nitrogen and oxygen atoms in total. The van der Waals surface area contributed by atoms with Gasteiger partial charge in [0.05, 0.1) is 5.69 Å². The molecule has 60 valence electrons. The van der Waals surface area contributed by atoms with E-state index < -0.39 is 3.79 Å². The van der Waals surface area contributed by atoms with E-state index >= 15 is 0 Å². The molecule has 0 atom stereocenters. The van der Waals surface area contributed by atoms with Crippen molar-refractivity contribution in [2.24, 2.45) is 0 Å². The first-order valence-corrected chi connectivity index (χ1v) is 4.06. The topological polar surface area (TPSA) is 25.8 Å². The van der Waals surface area contributed by atoms with Crippen molar-refractivity contribution in [2.75, 3.05) is 0 Å². The van der Waals surface area contributed by atoms with Gasteiger partial charge in [-0.25, -0.2) is 9.97 Å². The molecule has 0 aliphatic rings. The van der Waals surface area contributed by atoms with Gasteiger partial charge < -0.3 is 0 Å². The van der Waals surface area contributed by atoms with Gasteiger partial charge in [0, 0.05) is 6.07 Å². The molecule has 0 saturated heterocycles. The molecule has 0 spiro atoms. The lowest BCUT2D eigenvalue weighted by Crippen LogP contribution is -2.03. The lowest BCUT2D eigenvalue weighted by atomic mass is 10.4. The fourth-order valence-electron chi connectivity index (χ4n) is 0.489. The molecule has 0 aliphatic heterocycles. The van der Waals surface area contributed by atoms with Gasteiger partial charge in [0.2, 0.25) is 3.79 Å². The second-order valence-corrected chi connectivity index (χ2v) is 4.39. The lowest BCUT2D eigenvalue weighted by molar-refractivity contribution is 1.03. The van der Waals surface area contributed by atoms with Gasteiger partial charge in [-0.15, -0.1) is 0 Å². The average Bonchev–Trinajstić information content (AvgIpc) is 1.86. The van der Waals surface area contributed by atoms with Crippen molar-refractivity contribution in [3.8, 4) is 0 Å². The average molecular weight is 232 g/mol. The highest BCUT2D eigenvalue weighted by atomic mass is 35.6. The van der Waals surface area contributed by atoms with Crippen LogP contribution in [0.25, 0.3) is 0 Å². The van der Waals surface area contributed by atoms with Crippen LogP contribution in [0.15, 0.2) is 12.4 Å². The molecule has 1 aromatic rings. The summed E-state index contributed by atoms with van der Waals surface area (Å²) >= 11 is 22.1. The zero-order chi connectivity index (χ0) is 8.48. The minimum absolute atomic E-state index is 0.251. The van der Waals surface area contributed by atoms with E-state index in [0.717, 1.165) is 0 Å². The van der Waals surface area contributed by atoms with Crippen LogP contribution in [0.3, 0.4) is 0 Å². The Morgan fingerprint density at radius 2 is 1.82 bits per heavy atom. The van der Waals surface area contributed by atoms with E-state index in [9.17, 15) is 0 Å². The smallest absolute Gasteiger partial charge is 0.232 e. The van der Waals surface area contributed by atoms with Crippen LogP contribution in [-0.2, 0) is 3.79 Å². The van der Waals surface area contributed by atoms with Gasteiger partial charge >= 0.3 is 0 Å². The van der Waals surface area contributed by atoms with Crippen LogP contribution < -0.4 is 0 Å². The van der Waals surface area contributed by atoms with Crippen LogP contribution >= 0.6 is 46.4 Å². The van der Waals surface area contributed by atoms with Gasteiger partial charge in [0.25, 0.3) is 0 Å². The van der Waals surface area contributed by atoms with Crippen LogP contribution in [0.1, 0.15) is 5.69 Å². The quantitative estimate of drug-likeness (QED) is 0.507. The summed E-state index contributed by atoms with van der Waals surface area (Å²) in [6.07, 6.45) is 1.24. The SMILES string of the molecule is Clc1cc(C(Cl)(Cl)Cl)ncn1. The monoisotopic (exact) mass is 230 g/mol. The largest absolute Gasteiger partial charge is 0.237 e. The Bertz CT molecular complexity index is 257. The first kappa shape index (κ1) is 9.33. The molecule has 0 unspecified atom stereocenters. The minimum Gasteiger partial charge on any atom is -0.237 e. The van der Waals surface area contributed by atoms with E-state index in [0.29, 0.717) is 0 Å². The molecule has 1 rings (SSSR count). The Labute approximate surface area is 83.4 Å². The molecule has 11 heavy (non-hydrogen) atoms. The Hall–Kier alpha value is 0.240. The van der Waals surface area contributed by atoms with Crippen molar-refractivity contribution in [1.29, 1.82) is 0 Å². The van der Waals surface area contributed by atoms with Crippen LogP contribution in [0.2, 0.25) is 5.15 Å². The Morgan fingerprint density at radius 3 is 2.18 bits per heavy atom.